The third-order valence-electron chi connectivity index (χ3n) is 5.59. The summed E-state index contributed by atoms with van der Waals surface area (Å²) >= 11 is 0. The van der Waals surface area contributed by atoms with E-state index in [2.05, 4.69) is 43.3 Å². The summed E-state index contributed by atoms with van der Waals surface area (Å²) in [4.78, 5) is 17.0. The molecule has 0 spiro atoms. The molecule has 2 aromatic heterocycles. The summed E-state index contributed by atoms with van der Waals surface area (Å²) in [5.41, 5.74) is 3.06. The van der Waals surface area contributed by atoms with Crippen molar-refractivity contribution < 1.29 is 9.21 Å². The minimum absolute atomic E-state index is 0.0492. The van der Waals surface area contributed by atoms with Crippen LogP contribution >= 0.6 is 0 Å². The molecule has 0 aliphatic heterocycles. The third kappa shape index (κ3) is 5.28. The quantitative estimate of drug-likeness (QED) is 0.735. The van der Waals surface area contributed by atoms with E-state index in [1.807, 2.05) is 23.9 Å². The minimum Gasteiger partial charge on any atom is -0.467 e. The molecule has 0 saturated carbocycles. The van der Waals surface area contributed by atoms with Gasteiger partial charge in [-0.25, -0.2) is 0 Å². The smallest absolute Gasteiger partial charge is 0.274 e. The first kappa shape index (κ1) is 21.6. The van der Waals surface area contributed by atoms with Crippen molar-refractivity contribution in [3.8, 4) is 0 Å². The van der Waals surface area contributed by atoms with Crippen LogP contribution in [0.1, 0.15) is 47.8 Å². The van der Waals surface area contributed by atoms with Gasteiger partial charge in [0.1, 0.15) is 5.76 Å². The average Bonchev–Trinajstić information content (AvgIpc) is 3.26. The van der Waals surface area contributed by atoms with E-state index in [1.54, 1.807) is 18.2 Å². The molecule has 1 amide bonds. The fourth-order valence-corrected chi connectivity index (χ4v) is 4.36. The van der Waals surface area contributed by atoms with Gasteiger partial charge in [0.25, 0.3) is 5.91 Å². The first-order chi connectivity index (χ1) is 13.7. The number of amides is 1. The van der Waals surface area contributed by atoms with E-state index < -0.39 is 0 Å². The minimum atomic E-state index is -0.0492. The molecule has 0 fully saturated rings. The van der Waals surface area contributed by atoms with E-state index in [-0.39, 0.29) is 11.3 Å². The molecule has 0 unspecified atom stereocenters. The topological polar surface area (TPSA) is 66.5 Å². The molecule has 0 aromatic carbocycles. The van der Waals surface area contributed by atoms with E-state index in [1.165, 1.54) is 5.69 Å². The first-order valence-electron chi connectivity index (χ1n) is 10.4. The standard InChI is InChI=1S/C22H35N5O2/c1-22(2,15-25(3)4)14-23-16-9-10-19-18(12-16)20(24-27(19)6)21(28)26(5)13-17-8-7-11-29-17/h7-8,11,16,23H,9-10,12-15H2,1-6H3/t16-/m0/s1. The number of furan rings is 1. The summed E-state index contributed by atoms with van der Waals surface area (Å²) < 4.78 is 7.27. The van der Waals surface area contributed by atoms with Gasteiger partial charge in [-0.05, 0) is 50.9 Å². The fraction of sp³-hybridized carbons (Fsp3) is 0.636. The fourth-order valence-electron chi connectivity index (χ4n) is 4.36. The van der Waals surface area contributed by atoms with Crippen LogP contribution in [-0.4, -0.2) is 65.8 Å². The van der Waals surface area contributed by atoms with Crippen molar-refractivity contribution in [2.24, 2.45) is 12.5 Å². The molecule has 0 saturated heterocycles. The molecular weight excluding hydrogens is 366 g/mol. The number of fused-ring (bicyclic) bond motifs is 1. The Hall–Kier alpha value is -2.12. The second-order valence-electron chi connectivity index (χ2n) is 9.36. The van der Waals surface area contributed by atoms with Crippen LogP contribution in [0.4, 0.5) is 0 Å². The lowest BCUT2D eigenvalue weighted by Crippen LogP contribution is -2.44. The number of rotatable bonds is 8. The van der Waals surface area contributed by atoms with E-state index in [4.69, 9.17) is 4.42 Å². The Balaban J connectivity index is 1.68. The summed E-state index contributed by atoms with van der Waals surface area (Å²) in [6, 6.07) is 4.09. The monoisotopic (exact) mass is 401 g/mol. The van der Waals surface area contributed by atoms with Crippen LogP contribution in [0.2, 0.25) is 0 Å². The molecule has 1 aliphatic rings. The maximum atomic E-state index is 13.1. The number of aromatic nitrogens is 2. The molecule has 1 N–H and O–H groups in total. The highest BCUT2D eigenvalue weighted by Gasteiger charge is 2.30. The van der Waals surface area contributed by atoms with Crippen molar-refractivity contribution in [1.82, 2.24) is 24.9 Å². The first-order valence-corrected chi connectivity index (χ1v) is 10.4. The number of hydrogen-bond donors (Lipinski definition) is 1. The SMILES string of the molecule is CN(C)CC(C)(C)CN[C@H]1CCc2c(c(C(=O)N(C)Cc3ccco3)nn2C)C1. The molecule has 0 bridgehead atoms. The van der Waals surface area contributed by atoms with Gasteiger partial charge in [-0.2, -0.15) is 5.10 Å². The van der Waals surface area contributed by atoms with Crippen LogP contribution in [0.15, 0.2) is 22.8 Å². The summed E-state index contributed by atoms with van der Waals surface area (Å²) in [5, 5.41) is 8.33. The molecule has 0 radical (unpaired) electrons. The summed E-state index contributed by atoms with van der Waals surface area (Å²) in [5.74, 6) is 0.722. The Labute approximate surface area is 174 Å². The van der Waals surface area contributed by atoms with Gasteiger partial charge in [-0.3, -0.25) is 9.48 Å². The van der Waals surface area contributed by atoms with Crippen LogP contribution in [-0.2, 0) is 26.4 Å². The molecule has 7 nitrogen and oxygen atoms in total. The van der Waals surface area contributed by atoms with Crippen LogP contribution < -0.4 is 5.32 Å². The third-order valence-corrected chi connectivity index (χ3v) is 5.59. The summed E-state index contributed by atoms with van der Waals surface area (Å²) in [6.07, 6.45) is 4.49. The van der Waals surface area contributed by atoms with E-state index in [0.717, 1.165) is 43.7 Å². The Bertz CT molecular complexity index is 823. The molecular formula is C22H35N5O2. The second-order valence-corrected chi connectivity index (χ2v) is 9.36. The summed E-state index contributed by atoms with van der Waals surface area (Å²) in [7, 11) is 7.97. The predicted octanol–water partition coefficient (Wildman–Crippen LogP) is 2.32. The van der Waals surface area contributed by atoms with E-state index >= 15 is 0 Å². The van der Waals surface area contributed by atoms with Crippen LogP contribution in [0.5, 0.6) is 0 Å². The van der Waals surface area contributed by atoms with Crippen molar-refractivity contribution in [1.29, 1.82) is 0 Å². The molecule has 2 heterocycles. The molecule has 29 heavy (non-hydrogen) atoms. The van der Waals surface area contributed by atoms with Crippen molar-refractivity contribution in [3.05, 3.63) is 41.1 Å². The highest BCUT2D eigenvalue weighted by atomic mass is 16.3. The Morgan fingerprint density at radius 1 is 1.38 bits per heavy atom. The number of carbonyl (C=O) groups excluding carboxylic acids is 1. The van der Waals surface area contributed by atoms with Crippen molar-refractivity contribution in [3.63, 3.8) is 0 Å². The van der Waals surface area contributed by atoms with Crippen molar-refractivity contribution in [2.45, 2.75) is 45.7 Å². The zero-order valence-electron chi connectivity index (χ0n) is 18.7. The lowest BCUT2D eigenvalue weighted by Gasteiger charge is -2.32. The highest BCUT2D eigenvalue weighted by molar-refractivity contribution is 5.94. The van der Waals surface area contributed by atoms with Gasteiger partial charge in [-0.15, -0.1) is 0 Å². The largest absolute Gasteiger partial charge is 0.467 e. The normalized spacial score (nSPS) is 16.9. The summed E-state index contributed by atoms with van der Waals surface area (Å²) in [6.45, 7) is 7.00. The van der Waals surface area contributed by atoms with E-state index in [9.17, 15) is 4.79 Å². The van der Waals surface area contributed by atoms with Gasteiger partial charge in [0.2, 0.25) is 0 Å². The van der Waals surface area contributed by atoms with Crippen molar-refractivity contribution in [2.75, 3.05) is 34.2 Å². The average molecular weight is 402 g/mol. The Morgan fingerprint density at radius 2 is 2.14 bits per heavy atom. The lowest BCUT2D eigenvalue weighted by atomic mass is 9.88. The van der Waals surface area contributed by atoms with Gasteiger partial charge in [0.05, 0.1) is 12.8 Å². The number of hydrogen-bond acceptors (Lipinski definition) is 5. The number of aryl methyl sites for hydroxylation is 1. The molecule has 3 rings (SSSR count). The van der Waals surface area contributed by atoms with E-state index in [0.29, 0.717) is 18.3 Å². The molecule has 160 valence electrons. The van der Waals surface area contributed by atoms with Crippen LogP contribution in [0.3, 0.4) is 0 Å². The highest BCUT2D eigenvalue weighted by Crippen LogP contribution is 2.26. The van der Waals surface area contributed by atoms with Crippen molar-refractivity contribution >= 4 is 5.91 Å². The zero-order chi connectivity index (χ0) is 21.2. The van der Waals surface area contributed by atoms with Crippen LogP contribution in [0.25, 0.3) is 0 Å². The predicted molar refractivity (Wildman–Crippen MR) is 114 cm³/mol. The number of carbonyl (C=O) groups is 1. The molecule has 2 aromatic rings. The zero-order valence-corrected chi connectivity index (χ0v) is 18.7. The molecule has 1 atom stereocenters. The maximum Gasteiger partial charge on any atom is 0.274 e. The Morgan fingerprint density at radius 3 is 2.79 bits per heavy atom. The molecule has 1 aliphatic carbocycles. The molecule has 7 heteroatoms. The Kier molecular flexibility index (Phi) is 6.49. The second kappa shape index (κ2) is 8.71. The number of nitrogens with zero attached hydrogens (tertiary/aromatic N) is 4. The van der Waals surface area contributed by atoms with Gasteiger partial charge in [0, 0.05) is 44.5 Å². The van der Waals surface area contributed by atoms with Gasteiger partial charge in [-0.1, -0.05) is 13.8 Å². The lowest BCUT2D eigenvalue weighted by molar-refractivity contribution is 0.0767. The number of nitrogens with one attached hydrogen (secondary N) is 1. The van der Waals surface area contributed by atoms with Gasteiger partial charge >= 0.3 is 0 Å². The van der Waals surface area contributed by atoms with Gasteiger partial charge in [0.15, 0.2) is 5.69 Å². The van der Waals surface area contributed by atoms with Crippen LogP contribution in [0, 0.1) is 5.41 Å². The van der Waals surface area contributed by atoms with Gasteiger partial charge < -0.3 is 19.5 Å². The maximum absolute atomic E-state index is 13.1.